The van der Waals surface area contributed by atoms with Crippen molar-refractivity contribution < 1.29 is 0 Å². The van der Waals surface area contributed by atoms with Gasteiger partial charge in [-0.3, -0.25) is 0 Å². The van der Waals surface area contributed by atoms with Crippen LogP contribution in [-0.4, -0.2) is 5.54 Å². The van der Waals surface area contributed by atoms with Crippen LogP contribution < -0.4 is 11.1 Å². The van der Waals surface area contributed by atoms with Crippen molar-refractivity contribution in [2.75, 3.05) is 11.1 Å². The molecule has 0 aromatic heterocycles. The van der Waals surface area contributed by atoms with Gasteiger partial charge < -0.3 is 11.1 Å². The molecule has 2 heteroatoms. The van der Waals surface area contributed by atoms with E-state index in [9.17, 15) is 0 Å². The fourth-order valence-electron chi connectivity index (χ4n) is 6.48. The quantitative estimate of drug-likeness (QED) is 0.780. The summed E-state index contributed by atoms with van der Waals surface area (Å²) in [6.45, 7) is 5.03. The summed E-state index contributed by atoms with van der Waals surface area (Å²) in [4.78, 5) is 0. The number of nitrogens with two attached hydrogens (primary N) is 1. The largest absolute Gasteiger partial charge is 0.397 e. The van der Waals surface area contributed by atoms with Gasteiger partial charge in [-0.2, -0.15) is 0 Å². The maximum Gasteiger partial charge on any atom is 0.0578 e. The van der Waals surface area contributed by atoms with Gasteiger partial charge in [0.05, 0.1) is 11.4 Å². The molecule has 0 spiro atoms. The number of para-hydroxylation sites is 2. The molecule has 1 aromatic rings. The van der Waals surface area contributed by atoms with Crippen molar-refractivity contribution in [3.05, 3.63) is 24.3 Å². The third-order valence-corrected chi connectivity index (χ3v) is 5.99. The molecule has 4 aliphatic rings. The Morgan fingerprint density at radius 3 is 2.25 bits per heavy atom. The van der Waals surface area contributed by atoms with Crippen molar-refractivity contribution in [3.8, 4) is 0 Å². The summed E-state index contributed by atoms with van der Waals surface area (Å²) in [7, 11) is 0. The Balaban J connectivity index is 1.69. The highest BCUT2D eigenvalue weighted by atomic mass is 15.0. The number of benzene rings is 1. The first-order valence-corrected chi connectivity index (χ1v) is 8.02. The molecule has 0 aliphatic heterocycles. The highest BCUT2D eigenvalue weighted by Gasteiger charge is 2.60. The second-order valence-corrected chi connectivity index (χ2v) is 8.62. The molecule has 2 nitrogen and oxygen atoms in total. The molecule has 1 aromatic carbocycles. The summed E-state index contributed by atoms with van der Waals surface area (Å²) in [5.41, 5.74) is 9.56. The zero-order chi connectivity index (χ0) is 14.0. The van der Waals surface area contributed by atoms with Crippen LogP contribution in [0.15, 0.2) is 24.3 Å². The standard InChI is InChI=1S/C18H26N2/c1-16-7-13-8-17(2,10-16)12-18(9-13,11-16)20-15-6-4-3-5-14(15)19/h3-6,13,20H,7-12,19H2,1-2H3. The van der Waals surface area contributed by atoms with Crippen LogP contribution in [0.2, 0.25) is 0 Å². The van der Waals surface area contributed by atoms with E-state index in [2.05, 4.69) is 31.3 Å². The van der Waals surface area contributed by atoms with Gasteiger partial charge >= 0.3 is 0 Å². The van der Waals surface area contributed by atoms with E-state index in [1.54, 1.807) is 0 Å². The van der Waals surface area contributed by atoms with Crippen LogP contribution in [0.3, 0.4) is 0 Å². The van der Waals surface area contributed by atoms with E-state index in [0.29, 0.717) is 16.4 Å². The average Bonchev–Trinajstić information content (AvgIpc) is 2.27. The van der Waals surface area contributed by atoms with Crippen LogP contribution in [0.25, 0.3) is 0 Å². The number of hydrogen-bond donors (Lipinski definition) is 2. The van der Waals surface area contributed by atoms with Crippen LogP contribution >= 0.6 is 0 Å². The first-order valence-electron chi connectivity index (χ1n) is 8.02. The van der Waals surface area contributed by atoms with Gasteiger partial charge in [0.15, 0.2) is 0 Å². The fourth-order valence-corrected chi connectivity index (χ4v) is 6.48. The maximum absolute atomic E-state index is 6.15. The Hall–Kier alpha value is -1.18. The van der Waals surface area contributed by atoms with Gasteiger partial charge in [-0.05, 0) is 67.4 Å². The van der Waals surface area contributed by atoms with Gasteiger partial charge in [0.1, 0.15) is 0 Å². The minimum atomic E-state index is 0.290. The molecule has 4 aliphatic carbocycles. The van der Waals surface area contributed by atoms with Crippen molar-refractivity contribution in [1.29, 1.82) is 0 Å². The first-order chi connectivity index (χ1) is 9.40. The lowest BCUT2D eigenvalue weighted by molar-refractivity contribution is -0.0972. The number of rotatable bonds is 2. The van der Waals surface area contributed by atoms with Crippen LogP contribution in [-0.2, 0) is 0 Å². The van der Waals surface area contributed by atoms with Crippen molar-refractivity contribution in [3.63, 3.8) is 0 Å². The number of nitrogens with one attached hydrogen (secondary N) is 1. The van der Waals surface area contributed by atoms with Gasteiger partial charge in [-0.25, -0.2) is 0 Å². The van der Waals surface area contributed by atoms with E-state index in [1.165, 1.54) is 38.5 Å². The molecule has 3 N–H and O–H groups in total. The smallest absolute Gasteiger partial charge is 0.0578 e. The van der Waals surface area contributed by atoms with Crippen molar-refractivity contribution >= 4 is 11.4 Å². The molecule has 20 heavy (non-hydrogen) atoms. The molecule has 0 saturated heterocycles. The van der Waals surface area contributed by atoms with Gasteiger partial charge in [0.25, 0.3) is 0 Å². The molecule has 0 radical (unpaired) electrons. The van der Waals surface area contributed by atoms with E-state index in [4.69, 9.17) is 5.73 Å². The van der Waals surface area contributed by atoms with Crippen LogP contribution in [0.1, 0.15) is 52.4 Å². The van der Waals surface area contributed by atoms with E-state index in [1.807, 2.05) is 12.1 Å². The monoisotopic (exact) mass is 270 g/mol. The van der Waals surface area contributed by atoms with Crippen LogP contribution in [0, 0.1) is 16.7 Å². The predicted molar refractivity (Wildman–Crippen MR) is 84.6 cm³/mol. The summed E-state index contributed by atoms with van der Waals surface area (Å²) < 4.78 is 0. The van der Waals surface area contributed by atoms with Gasteiger partial charge in [0, 0.05) is 5.54 Å². The number of hydrogen-bond acceptors (Lipinski definition) is 2. The number of anilines is 2. The average molecular weight is 270 g/mol. The Labute approximate surface area is 122 Å². The molecule has 4 saturated carbocycles. The topological polar surface area (TPSA) is 38.0 Å². The lowest BCUT2D eigenvalue weighted by atomic mass is 9.43. The van der Waals surface area contributed by atoms with Gasteiger partial charge in [-0.1, -0.05) is 26.0 Å². The minimum Gasteiger partial charge on any atom is -0.397 e. The van der Waals surface area contributed by atoms with Crippen molar-refractivity contribution in [2.24, 2.45) is 16.7 Å². The normalized spacial score (nSPS) is 45.6. The zero-order valence-corrected chi connectivity index (χ0v) is 12.7. The Bertz CT molecular complexity index is 532. The second-order valence-electron chi connectivity index (χ2n) is 8.62. The van der Waals surface area contributed by atoms with Crippen molar-refractivity contribution in [1.82, 2.24) is 0 Å². The minimum absolute atomic E-state index is 0.290. The SMILES string of the molecule is CC12CC3CC(C)(C1)CC(Nc1ccccc1N)(C3)C2. The lowest BCUT2D eigenvalue weighted by Crippen LogP contribution is -2.61. The molecule has 0 amide bonds. The van der Waals surface area contributed by atoms with E-state index in [-0.39, 0.29) is 0 Å². The molecule has 4 bridgehead atoms. The maximum atomic E-state index is 6.15. The molecule has 2 unspecified atom stereocenters. The molecule has 0 heterocycles. The summed E-state index contributed by atoms with van der Waals surface area (Å²) in [6, 6.07) is 8.25. The molecule has 4 fully saturated rings. The highest BCUT2D eigenvalue weighted by Crippen LogP contribution is 2.66. The summed E-state index contributed by atoms with van der Waals surface area (Å²) >= 11 is 0. The molecular weight excluding hydrogens is 244 g/mol. The Morgan fingerprint density at radius 1 is 1.00 bits per heavy atom. The third kappa shape index (κ3) is 1.84. The molecule has 5 rings (SSSR count). The second kappa shape index (κ2) is 3.72. The predicted octanol–water partition coefficient (Wildman–Crippen LogP) is 4.43. The molecule has 108 valence electrons. The Morgan fingerprint density at radius 2 is 1.65 bits per heavy atom. The zero-order valence-electron chi connectivity index (χ0n) is 12.7. The molecule has 2 atom stereocenters. The Kier molecular flexibility index (Phi) is 2.33. The third-order valence-electron chi connectivity index (χ3n) is 5.99. The van der Waals surface area contributed by atoms with Crippen molar-refractivity contribution in [2.45, 2.75) is 57.9 Å². The van der Waals surface area contributed by atoms with Crippen LogP contribution in [0.4, 0.5) is 11.4 Å². The van der Waals surface area contributed by atoms with E-state index < -0.39 is 0 Å². The van der Waals surface area contributed by atoms with Gasteiger partial charge in [0.2, 0.25) is 0 Å². The summed E-state index contributed by atoms with van der Waals surface area (Å²) in [5, 5.41) is 3.88. The molecular formula is C18H26N2. The van der Waals surface area contributed by atoms with E-state index >= 15 is 0 Å². The first kappa shape index (κ1) is 12.6. The van der Waals surface area contributed by atoms with Crippen LogP contribution in [0.5, 0.6) is 0 Å². The van der Waals surface area contributed by atoms with E-state index in [0.717, 1.165) is 17.3 Å². The van der Waals surface area contributed by atoms with Gasteiger partial charge in [-0.15, -0.1) is 0 Å². The fraction of sp³-hybridized carbons (Fsp3) is 0.667. The summed E-state index contributed by atoms with van der Waals surface area (Å²) in [6.07, 6.45) is 8.28. The number of nitrogen functional groups attached to an aromatic ring is 1. The highest BCUT2D eigenvalue weighted by molar-refractivity contribution is 5.66. The lowest BCUT2D eigenvalue weighted by Gasteiger charge is -2.65. The summed E-state index contributed by atoms with van der Waals surface area (Å²) in [5.74, 6) is 0.915.